The highest BCUT2D eigenvalue weighted by atomic mass is 16.5. The molecule has 0 atom stereocenters. The van der Waals surface area contributed by atoms with Gasteiger partial charge in [-0.25, -0.2) is 4.79 Å². The number of hydrogen-bond donors (Lipinski definition) is 1. The van der Waals surface area contributed by atoms with Crippen molar-refractivity contribution in [3.8, 4) is 22.4 Å². The summed E-state index contributed by atoms with van der Waals surface area (Å²) in [6.07, 6.45) is 8.87. The summed E-state index contributed by atoms with van der Waals surface area (Å²) in [6.45, 7) is 1.21. The predicted molar refractivity (Wildman–Crippen MR) is 129 cm³/mol. The molecule has 168 valence electrons. The summed E-state index contributed by atoms with van der Waals surface area (Å²) >= 11 is 0. The Morgan fingerprint density at radius 2 is 1.67 bits per heavy atom. The first-order valence-corrected chi connectivity index (χ1v) is 11.2. The van der Waals surface area contributed by atoms with Gasteiger partial charge in [0.15, 0.2) is 0 Å². The molecular formula is C26H27N5O2. The van der Waals surface area contributed by atoms with Gasteiger partial charge in [0.1, 0.15) is 5.69 Å². The molecule has 0 spiro atoms. The first-order chi connectivity index (χ1) is 16.3. The molecule has 2 heterocycles. The lowest BCUT2D eigenvalue weighted by Gasteiger charge is -2.11. The lowest BCUT2D eigenvalue weighted by atomic mass is 10.0. The maximum atomic E-state index is 12.2. The van der Waals surface area contributed by atoms with Gasteiger partial charge >= 0.3 is 6.09 Å². The van der Waals surface area contributed by atoms with Crippen molar-refractivity contribution < 1.29 is 9.53 Å². The molecule has 4 rings (SSSR count). The van der Waals surface area contributed by atoms with Crippen molar-refractivity contribution in [2.45, 2.75) is 32.2 Å². The molecule has 0 radical (unpaired) electrons. The van der Waals surface area contributed by atoms with E-state index in [4.69, 9.17) is 4.74 Å². The van der Waals surface area contributed by atoms with E-state index >= 15 is 0 Å². The number of carbonyl (C=O) groups excluding carboxylic acids is 1. The molecule has 0 unspecified atom stereocenters. The standard InChI is InChI=1S/C26H27N5O2/c32-26(28-24-15-7-6-14-23(24)21-11-4-3-5-12-21)33-18-9-2-1-8-17-31-20-25(29-30-31)22-13-10-16-27-19-22/h3-7,10-16,19-20H,1-2,8-9,17-18H2,(H,28,32). The zero-order valence-electron chi connectivity index (χ0n) is 18.4. The van der Waals surface area contributed by atoms with Crippen molar-refractivity contribution in [1.29, 1.82) is 0 Å². The third-order valence-corrected chi connectivity index (χ3v) is 5.26. The van der Waals surface area contributed by atoms with Crippen molar-refractivity contribution >= 4 is 11.8 Å². The van der Waals surface area contributed by atoms with Gasteiger partial charge in [0, 0.05) is 30.1 Å². The van der Waals surface area contributed by atoms with Gasteiger partial charge in [0.05, 0.1) is 18.5 Å². The third-order valence-electron chi connectivity index (χ3n) is 5.26. The van der Waals surface area contributed by atoms with Crippen LogP contribution in [0, 0.1) is 0 Å². The average Bonchev–Trinajstić information content (AvgIpc) is 3.34. The molecule has 0 aliphatic carbocycles. The highest BCUT2D eigenvalue weighted by molar-refractivity contribution is 5.91. The molecule has 0 fully saturated rings. The first-order valence-electron chi connectivity index (χ1n) is 11.2. The number of unbranched alkanes of at least 4 members (excludes halogenated alkanes) is 3. The topological polar surface area (TPSA) is 81.9 Å². The first kappa shape index (κ1) is 22.2. The summed E-state index contributed by atoms with van der Waals surface area (Å²) in [6, 6.07) is 21.5. The van der Waals surface area contributed by atoms with Gasteiger partial charge < -0.3 is 4.74 Å². The summed E-state index contributed by atoms with van der Waals surface area (Å²) in [5.41, 5.74) is 4.55. The molecule has 33 heavy (non-hydrogen) atoms. The number of amides is 1. The second kappa shape index (κ2) is 11.6. The van der Waals surface area contributed by atoms with Crippen LogP contribution in [-0.2, 0) is 11.3 Å². The molecule has 0 saturated heterocycles. The largest absolute Gasteiger partial charge is 0.449 e. The molecule has 4 aromatic rings. The SMILES string of the molecule is O=C(Nc1ccccc1-c1ccccc1)OCCCCCCn1cc(-c2cccnc2)nn1. The minimum atomic E-state index is -0.427. The van der Waals surface area contributed by atoms with Crippen molar-refractivity contribution in [3.05, 3.63) is 85.3 Å². The predicted octanol–water partition coefficient (Wildman–Crippen LogP) is 5.82. The van der Waals surface area contributed by atoms with E-state index in [1.54, 1.807) is 12.4 Å². The van der Waals surface area contributed by atoms with Gasteiger partial charge in [0.2, 0.25) is 0 Å². The van der Waals surface area contributed by atoms with Gasteiger partial charge in [-0.2, -0.15) is 0 Å². The maximum Gasteiger partial charge on any atom is 0.411 e. The molecular weight excluding hydrogens is 414 g/mol. The number of ether oxygens (including phenoxy) is 1. The van der Waals surface area contributed by atoms with Crippen LogP contribution >= 0.6 is 0 Å². The van der Waals surface area contributed by atoms with Crippen LogP contribution in [-0.4, -0.2) is 32.7 Å². The van der Waals surface area contributed by atoms with Crippen molar-refractivity contribution in [1.82, 2.24) is 20.0 Å². The summed E-state index contributed by atoms with van der Waals surface area (Å²) in [5, 5.41) is 11.2. The fraction of sp³-hybridized carbons (Fsp3) is 0.231. The second-order valence-corrected chi connectivity index (χ2v) is 7.70. The van der Waals surface area contributed by atoms with Crippen LogP contribution < -0.4 is 5.32 Å². The Hall–Kier alpha value is -4.00. The van der Waals surface area contributed by atoms with Crippen molar-refractivity contribution in [2.75, 3.05) is 11.9 Å². The Labute approximate surface area is 193 Å². The fourth-order valence-electron chi connectivity index (χ4n) is 3.56. The van der Waals surface area contributed by atoms with E-state index in [2.05, 4.69) is 20.6 Å². The molecule has 1 N–H and O–H groups in total. The molecule has 7 nitrogen and oxygen atoms in total. The smallest absolute Gasteiger partial charge is 0.411 e. The minimum absolute atomic E-state index is 0.397. The summed E-state index contributed by atoms with van der Waals surface area (Å²) in [7, 11) is 0. The number of para-hydroxylation sites is 1. The van der Waals surface area contributed by atoms with Crippen LogP contribution in [0.25, 0.3) is 22.4 Å². The monoisotopic (exact) mass is 441 g/mol. The number of rotatable bonds is 10. The van der Waals surface area contributed by atoms with Crippen LogP contribution in [0.4, 0.5) is 10.5 Å². The van der Waals surface area contributed by atoms with E-state index in [-0.39, 0.29) is 0 Å². The number of nitrogens with one attached hydrogen (secondary N) is 1. The zero-order valence-corrected chi connectivity index (χ0v) is 18.4. The molecule has 2 aromatic heterocycles. The maximum absolute atomic E-state index is 12.2. The van der Waals surface area contributed by atoms with E-state index < -0.39 is 6.09 Å². The molecule has 0 saturated carbocycles. The lowest BCUT2D eigenvalue weighted by molar-refractivity contribution is 0.159. The Balaban J connectivity index is 1.13. The average molecular weight is 442 g/mol. The third kappa shape index (κ3) is 6.49. The highest BCUT2D eigenvalue weighted by Gasteiger charge is 2.09. The van der Waals surface area contributed by atoms with E-state index in [1.807, 2.05) is 77.6 Å². The normalized spacial score (nSPS) is 10.7. The van der Waals surface area contributed by atoms with Gasteiger partial charge in [-0.05, 0) is 43.0 Å². The molecule has 0 aliphatic rings. The Bertz CT molecular complexity index is 1150. The quantitative estimate of drug-likeness (QED) is 0.314. The van der Waals surface area contributed by atoms with Crippen LogP contribution in [0.5, 0.6) is 0 Å². The number of benzene rings is 2. The summed E-state index contributed by atoms with van der Waals surface area (Å²) in [5.74, 6) is 0. The number of hydrogen-bond acceptors (Lipinski definition) is 5. The molecule has 0 bridgehead atoms. The number of carbonyl (C=O) groups is 1. The Kier molecular flexibility index (Phi) is 7.79. The van der Waals surface area contributed by atoms with Crippen LogP contribution in [0.2, 0.25) is 0 Å². The zero-order chi connectivity index (χ0) is 22.7. The Morgan fingerprint density at radius 1 is 0.879 bits per heavy atom. The van der Waals surface area contributed by atoms with E-state index in [0.717, 1.165) is 60.3 Å². The van der Waals surface area contributed by atoms with E-state index in [9.17, 15) is 4.79 Å². The van der Waals surface area contributed by atoms with Gasteiger partial charge in [-0.3, -0.25) is 15.0 Å². The summed E-state index contributed by atoms with van der Waals surface area (Å²) in [4.78, 5) is 16.3. The van der Waals surface area contributed by atoms with Crippen molar-refractivity contribution in [3.63, 3.8) is 0 Å². The van der Waals surface area contributed by atoms with Gasteiger partial charge in [0.25, 0.3) is 0 Å². The molecule has 0 aliphatic heterocycles. The lowest BCUT2D eigenvalue weighted by Crippen LogP contribution is -2.15. The fourth-order valence-corrected chi connectivity index (χ4v) is 3.56. The van der Waals surface area contributed by atoms with Crippen LogP contribution in [0.1, 0.15) is 25.7 Å². The van der Waals surface area contributed by atoms with E-state index in [1.165, 1.54) is 0 Å². The number of aryl methyl sites for hydroxylation is 1. The van der Waals surface area contributed by atoms with Crippen LogP contribution in [0.3, 0.4) is 0 Å². The van der Waals surface area contributed by atoms with Crippen molar-refractivity contribution in [2.24, 2.45) is 0 Å². The highest BCUT2D eigenvalue weighted by Crippen LogP contribution is 2.27. The Morgan fingerprint density at radius 3 is 2.52 bits per heavy atom. The van der Waals surface area contributed by atoms with E-state index in [0.29, 0.717) is 6.61 Å². The number of aromatic nitrogens is 4. The van der Waals surface area contributed by atoms with Gasteiger partial charge in [-0.15, -0.1) is 5.10 Å². The number of pyridine rings is 1. The number of nitrogens with zero attached hydrogens (tertiary/aromatic N) is 4. The van der Waals surface area contributed by atoms with Gasteiger partial charge in [-0.1, -0.05) is 60.2 Å². The van der Waals surface area contributed by atoms with Crippen LogP contribution in [0.15, 0.2) is 85.3 Å². The second-order valence-electron chi connectivity index (χ2n) is 7.70. The minimum Gasteiger partial charge on any atom is -0.449 e. The molecule has 1 amide bonds. The molecule has 7 heteroatoms. The summed E-state index contributed by atoms with van der Waals surface area (Å²) < 4.78 is 7.23. The number of anilines is 1. The molecule has 2 aromatic carbocycles.